The normalized spacial score (nSPS) is 9.31. The molecule has 1 aromatic rings. The van der Waals surface area contributed by atoms with E-state index in [0.29, 0.717) is 5.56 Å². The molecule has 0 aromatic heterocycles. The highest BCUT2D eigenvalue weighted by atomic mass is 17.2. The van der Waals surface area contributed by atoms with Crippen molar-refractivity contribution in [2.75, 3.05) is 7.11 Å². The first kappa shape index (κ1) is 9.48. The summed E-state index contributed by atoms with van der Waals surface area (Å²) in [6, 6.07) is 7.00. The van der Waals surface area contributed by atoms with Crippen molar-refractivity contribution in [2.45, 2.75) is 0 Å². The van der Waals surface area contributed by atoms with Gasteiger partial charge in [0.2, 0.25) is 0 Å². The quantitative estimate of drug-likeness (QED) is 0.525. The Labute approximate surface area is 76.5 Å². The van der Waals surface area contributed by atoms with Crippen molar-refractivity contribution in [2.24, 2.45) is 0 Å². The molecular formula is C10H10O3. The third-order valence-electron chi connectivity index (χ3n) is 1.56. The lowest BCUT2D eigenvalue weighted by molar-refractivity contribution is -0.216. The minimum Gasteiger partial charge on any atom is -0.293 e. The number of carbonyl (C=O) groups excluding carboxylic acids is 1. The van der Waals surface area contributed by atoms with Crippen LogP contribution in [0.4, 0.5) is 0 Å². The topological polar surface area (TPSA) is 35.5 Å². The molecule has 0 atom stereocenters. The van der Waals surface area contributed by atoms with Gasteiger partial charge in [-0.05, 0) is 11.6 Å². The Morgan fingerprint density at radius 3 is 2.77 bits per heavy atom. The molecule has 3 nitrogen and oxygen atoms in total. The first-order chi connectivity index (χ1) is 6.29. The monoisotopic (exact) mass is 178 g/mol. The molecule has 0 aliphatic rings. The first-order valence-electron chi connectivity index (χ1n) is 3.76. The van der Waals surface area contributed by atoms with Gasteiger partial charge in [0.1, 0.15) is 0 Å². The smallest absolute Gasteiger partial charge is 0.293 e. The molecule has 0 saturated heterocycles. The van der Waals surface area contributed by atoms with E-state index < -0.39 is 5.97 Å². The highest BCUT2D eigenvalue weighted by Crippen LogP contribution is 2.11. The second kappa shape index (κ2) is 4.42. The van der Waals surface area contributed by atoms with Crippen LogP contribution in [-0.2, 0) is 9.78 Å². The largest absolute Gasteiger partial charge is 0.373 e. The molecule has 3 heteroatoms. The maximum absolute atomic E-state index is 11.2. The molecule has 0 radical (unpaired) electrons. The van der Waals surface area contributed by atoms with E-state index in [1.165, 1.54) is 7.11 Å². The standard InChI is InChI=1S/C10H10O3/c1-3-8-6-4-5-7-9(8)10(11)13-12-2/h3-7H,1H2,2H3. The average Bonchev–Trinajstić information content (AvgIpc) is 2.18. The predicted molar refractivity (Wildman–Crippen MR) is 49.0 cm³/mol. The maximum Gasteiger partial charge on any atom is 0.373 e. The van der Waals surface area contributed by atoms with Gasteiger partial charge in [0.05, 0.1) is 12.7 Å². The van der Waals surface area contributed by atoms with Crippen LogP contribution in [0.3, 0.4) is 0 Å². The van der Waals surface area contributed by atoms with E-state index in [-0.39, 0.29) is 0 Å². The Bertz CT molecular complexity index is 318. The molecular weight excluding hydrogens is 168 g/mol. The van der Waals surface area contributed by atoms with Gasteiger partial charge in [0, 0.05) is 0 Å². The number of hydrogen-bond acceptors (Lipinski definition) is 3. The molecule has 0 aliphatic carbocycles. The number of rotatable bonds is 3. The van der Waals surface area contributed by atoms with Crippen molar-refractivity contribution < 1.29 is 14.6 Å². The maximum atomic E-state index is 11.2. The summed E-state index contributed by atoms with van der Waals surface area (Å²) in [6.07, 6.45) is 1.59. The summed E-state index contributed by atoms with van der Waals surface area (Å²) >= 11 is 0. The van der Waals surface area contributed by atoms with Crippen LogP contribution < -0.4 is 0 Å². The fourth-order valence-corrected chi connectivity index (χ4v) is 0.981. The van der Waals surface area contributed by atoms with Gasteiger partial charge in [-0.2, -0.15) is 4.89 Å². The molecule has 0 unspecified atom stereocenters. The minimum atomic E-state index is -0.516. The van der Waals surface area contributed by atoms with Crippen LogP contribution in [0.5, 0.6) is 0 Å². The first-order valence-corrected chi connectivity index (χ1v) is 3.76. The Morgan fingerprint density at radius 1 is 1.46 bits per heavy atom. The minimum absolute atomic E-state index is 0.444. The van der Waals surface area contributed by atoms with E-state index in [1.54, 1.807) is 24.3 Å². The Balaban J connectivity index is 2.98. The third-order valence-corrected chi connectivity index (χ3v) is 1.56. The van der Waals surface area contributed by atoms with E-state index in [2.05, 4.69) is 16.4 Å². The highest BCUT2D eigenvalue weighted by molar-refractivity contribution is 5.93. The zero-order valence-electron chi connectivity index (χ0n) is 7.32. The fourth-order valence-electron chi connectivity index (χ4n) is 0.981. The van der Waals surface area contributed by atoms with Crippen molar-refractivity contribution in [3.05, 3.63) is 42.0 Å². The predicted octanol–water partition coefficient (Wildman–Crippen LogP) is 2.05. The van der Waals surface area contributed by atoms with E-state index in [1.807, 2.05) is 6.07 Å². The molecule has 0 amide bonds. The Morgan fingerprint density at radius 2 is 2.15 bits per heavy atom. The van der Waals surface area contributed by atoms with Crippen LogP contribution in [0.25, 0.3) is 6.08 Å². The molecule has 0 bridgehead atoms. The van der Waals surface area contributed by atoms with Crippen molar-refractivity contribution in [3.63, 3.8) is 0 Å². The Hall–Kier alpha value is -1.61. The fraction of sp³-hybridized carbons (Fsp3) is 0.100. The van der Waals surface area contributed by atoms with Gasteiger partial charge in [-0.1, -0.05) is 30.9 Å². The SMILES string of the molecule is C=Cc1ccccc1C(=O)OOC. The van der Waals surface area contributed by atoms with Crippen LogP contribution in [-0.4, -0.2) is 13.1 Å². The van der Waals surface area contributed by atoms with Gasteiger partial charge in [-0.3, -0.25) is 4.89 Å². The lowest BCUT2D eigenvalue weighted by atomic mass is 10.1. The van der Waals surface area contributed by atoms with Gasteiger partial charge in [-0.25, -0.2) is 4.79 Å². The molecule has 0 fully saturated rings. The van der Waals surface area contributed by atoms with Gasteiger partial charge >= 0.3 is 5.97 Å². The zero-order chi connectivity index (χ0) is 9.68. The van der Waals surface area contributed by atoms with E-state index in [4.69, 9.17) is 0 Å². The average molecular weight is 178 g/mol. The van der Waals surface area contributed by atoms with Crippen LogP contribution >= 0.6 is 0 Å². The van der Waals surface area contributed by atoms with Gasteiger partial charge in [0.25, 0.3) is 0 Å². The zero-order valence-corrected chi connectivity index (χ0v) is 7.32. The van der Waals surface area contributed by atoms with Crippen LogP contribution in [0.1, 0.15) is 15.9 Å². The van der Waals surface area contributed by atoms with Crippen LogP contribution in [0.2, 0.25) is 0 Å². The summed E-state index contributed by atoms with van der Waals surface area (Å²) in [5.41, 5.74) is 1.17. The van der Waals surface area contributed by atoms with Crippen molar-refractivity contribution in [3.8, 4) is 0 Å². The number of hydrogen-bond donors (Lipinski definition) is 0. The van der Waals surface area contributed by atoms with Gasteiger partial charge in [-0.15, -0.1) is 0 Å². The van der Waals surface area contributed by atoms with E-state index in [0.717, 1.165) is 5.56 Å². The summed E-state index contributed by atoms with van der Waals surface area (Å²) in [4.78, 5) is 19.9. The number of benzene rings is 1. The molecule has 1 aromatic carbocycles. The highest BCUT2D eigenvalue weighted by Gasteiger charge is 2.10. The van der Waals surface area contributed by atoms with Crippen LogP contribution in [0.15, 0.2) is 30.8 Å². The molecule has 0 heterocycles. The number of carbonyl (C=O) groups is 1. The van der Waals surface area contributed by atoms with Crippen molar-refractivity contribution in [1.29, 1.82) is 0 Å². The summed E-state index contributed by atoms with van der Waals surface area (Å²) < 4.78 is 0. The molecule has 0 saturated carbocycles. The third kappa shape index (κ3) is 2.16. The molecule has 0 aliphatic heterocycles. The summed E-state index contributed by atoms with van der Waals surface area (Å²) in [6.45, 7) is 3.59. The second-order valence-electron chi connectivity index (χ2n) is 2.33. The molecule has 0 spiro atoms. The Kier molecular flexibility index (Phi) is 3.23. The lowest BCUT2D eigenvalue weighted by Crippen LogP contribution is -2.05. The van der Waals surface area contributed by atoms with Crippen LogP contribution in [0, 0.1) is 0 Å². The summed E-state index contributed by atoms with van der Waals surface area (Å²) in [5.74, 6) is -0.516. The van der Waals surface area contributed by atoms with Gasteiger partial charge in [0.15, 0.2) is 0 Å². The van der Waals surface area contributed by atoms with E-state index >= 15 is 0 Å². The summed E-state index contributed by atoms with van der Waals surface area (Å²) in [7, 11) is 1.29. The van der Waals surface area contributed by atoms with Crippen molar-refractivity contribution >= 4 is 12.0 Å². The second-order valence-corrected chi connectivity index (χ2v) is 2.33. The lowest BCUT2D eigenvalue weighted by Gasteiger charge is -2.02. The molecule has 68 valence electrons. The molecule has 0 N–H and O–H groups in total. The summed E-state index contributed by atoms with van der Waals surface area (Å²) in [5, 5.41) is 0. The van der Waals surface area contributed by atoms with Gasteiger partial charge < -0.3 is 0 Å². The van der Waals surface area contributed by atoms with Crippen molar-refractivity contribution in [1.82, 2.24) is 0 Å². The molecule has 1 rings (SSSR count). The molecule has 13 heavy (non-hydrogen) atoms. The van der Waals surface area contributed by atoms with E-state index in [9.17, 15) is 4.79 Å².